The van der Waals surface area contributed by atoms with Crippen LogP contribution in [0.4, 0.5) is 11.4 Å². The Labute approximate surface area is 132 Å². The second kappa shape index (κ2) is 5.63. The van der Waals surface area contributed by atoms with Crippen LogP contribution in [0.15, 0.2) is 35.2 Å². The maximum atomic E-state index is 12.3. The van der Waals surface area contributed by atoms with E-state index in [0.29, 0.717) is 5.56 Å². The highest BCUT2D eigenvalue weighted by molar-refractivity contribution is 7.92. The quantitative estimate of drug-likeness (QED) is 0.586. The molecule has 4 N–H and O–H groups in total. The Morgan fingerprint density at radius 2 is 1.86 bits per heavy atom. The van der Waals surface area contributed by atoms with Gasteiger partial charge in [-0.15, -0.1) is 0 Å². The van der Waals surface area contributed by atoms with E-state index in [1.54, 1.807) is 19.1 Å². The summed E-state index contributed by atoms with van der Waals surface area (Å²) in [7, 11) is -3.92. The number of hydrogen-bond acceptors (Lipinski definition) is 4. The number of sulfonamides is 1. The number of phenolic OH excluding ortho intramolecular Hbond substituents is 1. The lowest BCUT2D eigenvalue weighted by atomic mass is 10.2. The van der Waals surface area contributed by atoms with Crippen molar-refractivity contribution < 1.29 is 13.5 Å². The molecule has 0 saturated heterocycles. The summed E-state index contributed by atoms with van der Waals surface area (Å²) in [4.78, 5) is -0.105. The van der Waals surface area contributed by atoms with Gasteiger partial charge in [-0.1, -0.05) is 29.3 Å². The first-order valence-corrected chi connectivity index (χ1v) is 8.02. The molecule has 0 aromatic heterocycles. The van der Waals surface area contributed by atoms with Gasteiger partial charge in [0.1, 0.15) is 5.75 Å². The number of nitrogens with two attached hydrogens (primary N) is 1. The molecule has 0 radical (unpaired) electrons. The van der Waals surface area contributed by atoms with Crippen LogP contribution < -0.4 is 10.5 Å². The van der Waals surface area contributed by atoms with Crippen molar-refractivity contribution in [2.24, 2.45) is 0 Å². The molecule has 112 valence electrons. The standard InChI is InChI=1S/C13H12Cl2N2O3S/c1-7-2-4-9(14)13(12(7)15)17-21(19,20)8-3-5-11(18)10(16)6-8/h2-6,17-18H,16H2,1H3. The summed E-state index contributed by atoms with van der Waals surface area (Å²) in [5, 5.41) is 9.74. The fourth-order valence-corrected chi connectivity index (χ4v) is 3.35. The molecule has 0 aliphatic rings. The third-order valence-electron chi connectivity index (χ3n) is 2.83. The van der Waals surface area contributed by atoms with Gasteiger partial charge in [-0.3, -0.25) is 4.72 Å². The highest BCUT2D eigenvalue weighted by Gasteiger charge is 2.19. The number of aromatic hydroxyl groups is 1. The Balaban J connectivity index is 2.47. The molecule has 21 heavy (non-hydrogen) atoms. The van der Waals surface area contributed by atoms with Crippen molar-refractivity contribution in [3.63, 3.8) is 0 Å². The van der Waals surface area contributed by atoms with Gasteiger partial charge in [0.05, 0.1) is 26.3 Å². The average molecular weight is 347 g/mol. The zero-order chi connectivity index (χ0) is 15.8. The van der Waals surface area contributed by atoms with E-state index >= 15 is 0 Å². The molecule has 2 aromatic rings. The second-order valence-electron chi connectivity index (χ2n) is 4.38. The molecule has 0 heterocycles. The summed E-state index contributed by atoms with van der Waals surface area (Å²) in [6.07, 6.45) is 0. The van der Waals surface area contributed by atoms with Crippen LogP contribution in [0.5, 0.6) is 5.75 Å². The van der Waals surface area contributed by atoms with Crippen LogP contribution in [-0.2, 0) is 10.0 Å². The van der Waals surface area contributed by atoms with E-state index in [1.165, 1.54) is 12.1 Å². The summed E-state index contributed by atoms with van der Waals surface area (Å²) in [6, 6.07) is 6.80. The summed E-state index contributed by atoms with van der Waals surface area (Å²) in [6.45, 7) is 1.73. The van der Waals surface area contributed by atoms with Gasteiger partial charge < -0.3 is 10.8 Å². The Kier molecular flexibility index (Phi) is 4.22. The summed E-state index contributed by atoms with van der Waals surface area (Å²) in [5.74, 6) is -0.194. The Bertz CT molecular complexity index is 807. The zero-order valence-corrected chi connectivity index (χ0v) is 13.2. The van der Waals surface area contributed by atoms with E-state index in [1.807, 2.05) is 0 Å². The minimum absolute atomic E-state index is 0.0423. The van der Waals surface area contributed by atoms with Gasteiger partial charge in [-0.05, 0) is 36.8 Å². The molecule has 0 atom stereocenters. The van der Waals surface area contributed by atoms with E-state index in [9.17, 15) is 13.5 Å². The summed E-state index contributed by atoms with van der Waals surface area (Å²) in [5.41, 5.74) is 6.24. The summed E-state index contributed by atoms with van der Waals surface area (Å²) >= 11 is 12.0. The molecule has 0 bridgehead atoms. The molecule has 2 aromatic carbocycles. The van der Waals surface area contributed by atoms with Crippen molar-refractivity contribution in [2.75, 3.05) is 10.5 Å². The predicted molar refractivity (Wildman–Crippen MR) is 84.5 cm³/mol. The van der Waals surface area contributed by atoms with Crippen molar-refractivity contribution in [3.8, 4) is 5.75 Å². The molecule has 0 aliphatic carbocycles. The Morgan fingerprint density at radius 3 is 2.48 bits per heavy atom. The molecule has 5 nitrogen and oxygen atoms in total. The molecule has 0 aliphatic heterocycles. The number of nitrogen functional groups attached to an aromatic ring is 1. The molecule has 2 rings (SSSR count). The maximum Gasteiger partial charge on any atom is 0.262 e. The van der Waals surface area contributed by atoms with Gasteiger partial charge in [0.15, 0.2) is 0 Å². The third kappa shape index (κ3) is 3.18. The van der Waals surface area contributed by atoms with Crippen LogP contribution in [0.2, 0.25) is 10.0 Å². The number of nitrogens with one attached hydrogen (secondary N) is 1. The van der Waals surface area contributed by atoms with E-state index in [2.05, 4.69) is 4.72 Å². The van der Waals surface area contributed by atoms with E-state index in [4.69, 9.17) is 28.9 Å². The van der Waals surface area contributed by atoms with Crippen LogP contribution in [0.25, 0.3) is 0 Å². The smallest absolute Gasteiger partial charge is 0.262 e. The first-order valence-electron chi connectivity index (χ1n) is 5.78. The van der Waals surface area contributed by atoms with Crippen LogP contribution in [0.1, 0.15) is 5.56 Å². The van der Waals surface area contributed by atoms with Crippen molar-refractivity contribution in [1.82, 2.24) is 0 Å². The van der Waals surface area contributed by atoms with Gasteiger partial charge >= 0.3 is 0 Å². The van der Waals surface area contributed by atoms with Crippen molar-refractivity contribution >= 4 is 44.6 Å². The van der Waals surface area contributed by atoms with Crippen LogP contribution in [0, 0.1) is 6.92 Å². The summed E-state index contributed by atoms with van der Waals surface area (Å²) < 4.78 is 27.0. The molecule has 0 unspecified atom stereocenters. The fourth-order valence-electron chi connectivity index (χ4n) is 1.64. The lowest BCUT2D eigenvalue weighted by Crippen LogP contribution is -2.14. The number of hydrogen-bond donors (Lipinski definition) is 3. The molecule has 8 heteroatoms. The minimum Gasteiger partial charge on any atom is -0.506 e. The number of anilines is 2. The van der Waals surface area contributed by atoms with Crippen molar-refractivity contribution in [1.29, 1.82) is 0 Å². The highest BCUT2D eigenvalue weighted by Crippen LogP contribution is 2.35. The molecule has 0 fully saturated rings. The zero-order valence-electron chi connectivity index (χ0n) is 10.9. The average Bonchev–Trinajstić information content (AvgIpc) is 2.42. The number of aryl methyl sites for hydroxylation is 1. The van der Waals surface area contributed by atoms with Gasteiger partial charge in [0.25, 0.3) is 10.0 Å². The number of benzene rings is 2. The first-order chi connectivity index (χ1) is 9.72. The number of phenols is 1. The van der Waals surface area contributed by atoms with Crippen molar-refractivity contribution in [2.45, 2.75) is 11.8 Å². The van der Waals surface area contributed by atoms with Gasteiger partial charge in [-0.2, -0.15) is 0 Å². The maximum absolute atomic E-state index is 12.3. The van der Waals surface area contributed by atoms with E-state index in [0.717, 1.165) is 6.07 Å². The Hall–Kier alpha value is -1.63. The SMILES string of the molecule is Cc1ccc(Cl)c(NS(=O)(=O)c2ccc(O)c(N)c2)c1Cl. The van der Waals surface area contributed by atoms with Crippen LogP contribution >= 0.6 is 23.2 Å². The third-order valence-corrected chi connectivity index (χ3v) is 4.98. The number of rotatable bonds is 3. The normalized spacial score (nSPS) is 11.4. The molecule has 0 saturated carbocycles. The topological polar surface area (TPSA) is 92.4 Å². The van der Waals surface area contributed by atoms with Gasteiger partial charge in [-0.25, -0.2) is 8.42 Å². The minimum atomic E-state index is -3.92. The van der Waals surface area contributed by atoms with Crippen LogP contribution in [-0.4, -0.2) is 13.5 Å². The van der Waals surface area contributed by atoms with E-state index < -0.39 is 10.0 Å². The molecular weight excluding hydrogens is 335 g/mol. The van der Waals surface area contributed by atoms with E-state index in [-0.39, 0.29) is 32.1 Å². The van der Waals surface area contributed by atoms with Gasteiger partial charge in [0, 0.05) is 0 Å². The molecule has 0 amide bonds. The van der Waals surface area contributed by atoms with Crippen LogP contribution in [0.3, 0.4) is 0 Å². The monoisotopic (exact) mass is 346 g/mol. The molecular formula is C13H12Cl2N2O3S. The Morgan fingerprint density at radius 1 is 1.19 bits per heavy atom. The fraction of sp³-hybridized carbons (Fsp3) is 0.0769. The second-order valence-corrected chi connectivity index (χ2v) is 6.85. The lowest BCUT2D eigenvalue weighted by Gasteiger charge is -2.13. The highest BCUT2D eigenvalue weighted by atomic mass is 35.5. The largest absolute Gasteiger partial charge is 0.506 e. The predicted octanol–water partition coefficient (Wildman–Crippen LogP) is 3.39. The molecule has 0 spiro atoms. The number of halogens is 2. The lowest BCUT2D eigenvalue weighted by molar-refractivity contribution is 0.477. The van der Waals surface area contributed by atoms with Gasteiger partial charge in [0.2, 0.25) is 0 Å². The first kappa shape index (κ1) is 15.8. The van der Waals surface area contributed by atoms with Crippen molar-refractivity contribution in [3.05, 3.63) is 45.9 Å².